The van der Waals surface area contributed by atoms with Crippen molar-refractivity contribution in [1.82, 2.24) is 4.98 Å². The molecule has 1 heterocycles. The van der Waals surface area contributed by atoms with Gasteiger partial charge >= 0.3 is 64.5 Å². The minimum atomic E-state index is -5.59. The minimum Gasteiger partial charge on any atom is -0.445 e. The molecule has 0 spiro atoms. The van der Waals surface area contributed by atoms with Gasteiger partial charge in [-0.05, 0) is 0 Å². The van der Waals surface area contributed by atoms with Crippen molar-refractivity contribution in [1.29, 1.82) is 0 Å². The molecule has 1 aromatic rings. The van der Waals surface area contributed by atoms with Gasteiger partial charge in [0.25, 0.3) is 0 Å². The standard InChI is InChI=1S/C6H4BF6N2.K/c8-6(9,10)3-1-4(7(11,12)13)5(14)15-2-3;/h1-2H,(H2,14,15);/q-1;+1. The normalized spacial score (nSPS) is 12.1. The van der Waals surface area contributed by atoms with Gasteiger partial charge in [0.2, 0.25) is 0 Å². The zero-order valence-electron chi connectivity index (χ0n) is 8.02. The number of nitrogens with two attached hydrogens (primary N) is 1. The van der Waals surface area contributed by atoms with Crippen molar-refractivity contribution >= 4 is 18.3 Å². The van der Waals surface area contributed by atoms with E-state index in [0.29, 0.717) is 0 Å². The van der Waals surface area contributed by atoms with Gasteiger partial charge in [-0.1, -0.05) is 11.5 Å². The van der Waals surface area contributed by atoms with Crippen LogP contribution in [0.4, 0.5) is 31.9 Å². The van der Waals surface area contributed by atoms with Gasteiger partial charge in [-0.25, -0.2) is 4.98 Å². The van der Waals surface area contributed by atoms with E-state index in [1.54, 1.807) is 0 Å². The van der Waals surface area contributed by atoms with Crippen LogP contribution < -0.4 is 62.6 Å². The number of rotatable bonds is 1. The van der Waals surface area contributed by atoms with E-state index in [2.05, 4.69) is 4.98 Å². The van der Waals surface area contributed by atoms with E-state index in [0.717, 1.165) is 0 Å². The molecule has 0 aromatic carbocycles. The summed E-state index contributed by atoms with van der Waals surface area (Å²) in [5.74, 6) is -0.949. The summed E-state index contributed by atoms with van der Waals surface area (Å²) in [6.07, 6.45) is -4.60. The molecule has 84 valence electrons. The van der Waals surface area contributed by atoms with Gasteiger partial charge < -0.3 is 18.7 Å². The molecule has 0 aliphatic rings. The Balaban J connectivity index is 0.00000225. The van der Waals surface area contributed by atoms with E-state index >= 15 is 0 Å². The third kappa shape index (κ3) is 3.91. The van der Waals surface area contributed by atoms with Crippen molar-refractivity contribution in [3.8, 4) is 0 Å². The van der Waals surface area contributed by atoms with Crippen LogP contribution in [0.25, 0.3) is 0 Å². The first-order valence-corrected chi connectivity index (χ1v) is 3.65. The Labute approximate surface area is 129 Å². The molecule has 0 saturated carbocycles. The molecule has 16 heavy (non-hydrogen) atoms. The molecule has 0 unspecified atom stereocenters. The van der Waals surface area contributed by atoms with Crippen molar-refractivity contribution in [2.45, 2.75) is 6.18 Å². The Bertz CT molecular complexity index is 376. The summed E-state index contributed by atoms with van der Waals surface area (Å²) in [7, 11) is 0. The third-order valence-electron chi connectivity index (χ3n) is 1.63. The van der Waals surface area contributed by atoms with Crippen LogP contribution in [0, 0.1) is 0 Å². The summed E-state index contributed by atoms with van der Waals surface area (Å²) in [6.45, 7) is -5.59. The maximum atomic E-state index is 12.2. The molecule has 1 aromatic heterocycles. The first-order chi connectivity index (χ1) is 6.62. The zero-order chi connectivity index (χ0) is 11.9. The molecular formula is C6H4BF6KN2. The molecule has 10 heteroatoms. The second kappa shape index (κ2) is 5.25. The van der Waals surface area contributed by atoms with Gasteiger partial charge in [0.15, 0.2) is 0 Å². The molecule has 0 fully saturated rings. The molecule has 0 saturated heterocycles. The quantitative estimate of drug-likeness (QED) is 0.510. The van der Waals surface area contributed by atoms with E-state index in [9.17, 15) is 26.1 Å². The molecular weight excluding hydrogens is 264 g/mol. The van der Waals surface area contributed by atoms with Crippen molar-refractivity contribution in [2.24, 2.45) is 0 Å². The smallest absolute Gasteiger partial charge is 0.445 e. The Hall–Kier alpha value is 0.231. The first-order valence-electron chi connectivity index (χ1n) is 3.65. The van der Waals surface area contributed by atoms with Crippen LogP contribution in [0.2, 0.25) is 0 Å². The van der Waals surface area contributed by atoms with Crippen molar-refractivity contribution < 1.29 is 77.5 Å². The van der Waals surface area contributed by atoms with Gasteiger partial charge in [-0.2, -0.15) is 13.2 Å². The number of halogens is 6. The van der Waals surface area contributed by atoms with E-state index in [1.165, 1.54) is 0 Å². The Morgan fingerprint density at radius 1 is 1.19 bits per heavy atom. The Kier molecular flexibility index (Phi) is 5.33. The average Bonchev–Trinajstić information content (AvgIpc) is 2.00. The van der Waals surface area contributed by atoms with Crippen molar-refractivity contribution in [3.63, 3.8) is 0 Å². The SMILES string of the molecule is Nc1ncc(C(F)(F)F)cc1[B-](F)(F)F.[K+]. The zero-order valence-corrected chi connectivity index (χ0v) is 11.1. The molecule has 0 aliphatic carbocycles. The van der Waals surface area contributed by atoms with Crippen LogP contribution in [-0.4, -0.2) is 12.0 Å². The molecule has 0 atom stereocenters. The van der Waals surface area contributed by atoms with Crippen LogP contribution in [0.3, 0.4) is 0 Å². The number of aromatic nitrogens is 1. The molecule has 2 nitrogen and oxygen atoms in total. The topological polar surface area (TPSA) is 38.9 Å². The van der Waals surface area contributed by atoms with Gasteiger partial charge in [0.1, 0.15) is 0 Å². The predicted molar refractivity (Wildman–Crippen MR) is 42.4 cm³/mol. The van der Waals surface area contributed by atoms with Crippen molar-refractivity contribution in [2.75, 3.05) is 5.73 Å². The Morgan fingerprint density at radius 3 is 2.06 bits per heavy atom. The molecule has 0 radical (unpaired) electrons. The number of pyridine rings is 1. The van der Waals surface area contributed by atoms with Crippen LogP contribution in [0.15, 0.2) is 12.3 Å². The fourth-order valence-electron chi connectivity index (χ4n) is 0.910. The number of nitrogen functional groups attached to an aromatic ring is 1. The molecule has 0 amide bonds. The molecule has 2 N–H and O–H groups in total. The van der Waals surface area contributed by atoms with Crippen molar-refractivity contribution in [3.05, 3.63) is 17.8 Å². The molecule has 0 bridgehead atoms. The fraction of sp³-hybridized carbons (Fsp3) is 0.167. The van der Waals surface area contributed by atoms with Gasteiger partial charge in [-0.3, -0.25) is 0 Å². The van der Waals surface area contributed by atoms with Gasteiger partial charge in [-0.15, -0.1) is 0 Å². The number of hydrogen-bond acceptors (Lipinski definition) is 2. The summed E-state index contributed by atoms with van der Waals surface area (Å²) < 4.78 is 72.7. The molecule has 1 rings (SSSR count). The van der Waals surface area contributed by atoms with E-state index in [4.69, 9.17) is 5.73 Å². The first kappa shape index (κ1) is 16.2. The maximum absolute atomic E-state index is 12.2. The maximum Gasteiger partial charge on any atom is 1.00 e. The minimum absolute atomic E-state index is 0. The largest absolute Gasteiger partial charge is 1.00 e. The fourth-order valence-corrected chi connectivity index (χ4v) is 0.910. The van der Waals surface area contributed by atoms with Gasteiger partial charge in [0.05, 0.1) is 11.4 Å². The van der Waals surface area contributed by atoms with E-state index in [-0.39, 0.29) is 63.6 Å². The number of anilines is 1. The number of nitrogens with zero attached hydrogens (tertiary/aromatic N) is 1. The van der Waals surface area contributed by atoms with E-state index < -0.39 is 30.0 Å². The summed E-state index contributed by atoms with van der Waals surface area (Å²) in [6, 6.07) is -0.0394. The Morgan fingerprint density at radius 2 is 1.69 bits per heavy atom. The predicted octanol–water partition coefficient (Wildman–Crippen LogP) is -1.26. The third-order valence-corrected chi connectivity index (χ3v) is 1.63. The second-order valence-electron chi connectivity index (χ2n) is 2.77. The van der Waals surface area contributed by atoms with Gasteiger partial charge in [0, 0.05) is 6.20 Å². The van der Waals surface area contributed by atoms with E-state index in [1.807, 2.05) is 0 Å². The molecule has 0 aliphatic heterocycles. The summed E-state index contributed by atoms with van der Waals surface area (Å²) >= 11 is 0. The summed E-state index contributed by atoms with van der Waals surface area (Å²) in [5, 5.41) is 0. The summed E-state index contributed by atoms with van der Waals surface area (Å²) in [5.41, 5.74) is 1.85. The number of hydrogen-bond donors (Lipinski definition) is 1. The number of alkyl halides is 3. The van der Waals surface area contributed by atoms with Crippen LogP contribution in [-0.2, 0) is 6.18 Å². The summed E-state index contributed by atoms with van der Waals surface area (Å²) in [4.78, 5) is 2.87. The monoisotopic (exact) mass is 268 g/mol. The van der Waals surface area contributed by atoms with Crippen LogP contribution >= 0.6 is 0 Å². The van der Waals surface area contributed by atoms with Crippen LogP contribution in [0.1, 0.15) is 5.56 Å². The van der Waals surface area contributed by atoms with Crippen LogP contribution in [0.5, 0.6) is 0 Å². The second-order valence-corrected chi connectivity index (χ2v) is 2.77. The average molecular weight is 268 g/mol.